The molecule has 1 unspecified atom stereocenters. The number of benzene rings is 1. The van der Waals surface area contributed by atoms with Gasteiger partial charge in [-0.05, 0) is 44.5 Å². The van der Waals surface area contributed by atoms with E-state index in [1.54, 1.807) is 26.0 Å². The minimum Gasteiger partial charge on any atom is -0.623 e. The number of ether oxygens (including phenoxy) is 2. The lowest BCUT2D eigenvalue weighted by molar-refractivity contribution is -0.485. The Labute approximate surface area is 187 Å². The molecule has 1 aliphatic rings. The van der Waals surface area contributed by atoms with Crippen LogP contribution in [0.3, 0.4) is 0 Å². The SMILES string of the molecule is C=CCN1C(=O)/C(=[N+](/[O-])C(/C=C/C(=O)OCC)C/C=C/C(=O)OCC)c2ccc(C)cc21. The number of amides is 1. The summed E-state index contributed by atoms with van der Waals surface area (Å²) in [5.74, 6) is -1.60. The maximum Gasteiger partial charge on any atom is 0.330 e. The van der Waals surface area contributed by atoms with Crippen LogP contribution in [0.15, 0.2) is 55.2 Å². The topological polar surface area (TPSA) is 99.0 Å². The first-order valence-electron chi connectivity index (χ1n) is 10.4. The lowest BCUT2D eigenvalue weighted by atomic mass is 10.1. The second kappa shape index (κ2) is 11.6. The number of esters is 2. The average Bonchev–Trinajstić information content (AvgIpc) is 3.01. The van der Waals surface area contributed by atoms with Gasteiger partial charge in [-0.2, -0.15) is 4.74 Å². The molecule has 0 bridgehead atoms. The number of aryl methyl sites for hydroxylation is 1. The van der Waals surface area contributed by atoms with Gasteiger partial charge in [0.05, 0.1) is 24.5 Å². The number of fused-ring (bicyclic) bond motifs is 1. The predicted molar refractivity (Wildman–Crippen MR) is 121 cm³/mol. The molecular formula is C24H28N2O6. The van der Waals surface area contributed by atoms with Gasteiger partial charge in [0.2, 0.25) is 0 Å². The van der Waals surface area contributed by atoms with Crippen molar-refractivity contribution in [2.45, 2.75) is 33.2 Å². The van der Waals surface area contributed by atoms with Crippen molar-refractivity contribution in [3.05, 3.63) is 71.5 Å². The number of hydrogen-bond acceptors (Lipinski definition) is 6. The Balaban J connectivity index is 2.48. The van der Waals surface area contributed by atoms with E-state index in [2.05, 4.69) is 6.58 Å². The molecule has 0 aliphatic carbocycles. The molecule has 8 heteroatoms. The third-order valence-electron chi connectivity index (χ3n) is 4.64. The summed E-state index contributed by atoms with van der Waals surface area (Å²) < 4.78 is 10.3. The highest BCUT2D eigenvalue weighted by atomic mass is 16.5. The summed E-state index contributed by atoms with van der Waals surface area (Å²) in [5, 5.41) is 13.4. The number of hydrogen-bond donors (Lipinski definition) is 0. The van der Waals surface area contributed by atoms with Crippen molar-refractivity contribution in [3.8, 4) is 0 Å². The van der Waals surface area contributed by atoms with E-state index in [1.807, 2.05) is 19.1 Å². The van der Waals surface area contributed by atoms with Crippen LogP contribution < -0.4 is 4.90 Å². The van der Waals surface area contributed by atoms with Gasteiger partial charge in [0.25, 0.3) is 5.71 Å². The second-order valence-electron chi connectivity index (χ2n) is 6.97. The molecule has 0 radical (unpaired) electrons. The van der Waals surface area contributed by atoms with E-state index in [4.69, 9.17) is 9.47 Å². The van der Waals surface area contributed by atoms with E-state index in [-0.39, 0.29) is 31.9 Å². The van der Waals surface area contributed by atoms with E-state index in [0.29, 0.717) is 16.0 Å². The first kappa shape index (κ1) is 24.6. The summed E-state index contributed by atoms with van der Waals surface area (Å²) in [4.78, 5) is 38.0. The summed E-state index contributed by atoms with van der Waals surface area (Å²) in [6.07, 6.45) is 6.85. The molecule has 1 heterocycles. The van der Waals surface area contributed by atoms with Crippen LogP contribution >= 0.6 is 0 Å². The van der Waals surface area contributed by atoms with Crippen LogP contribution in [-0.4, -0.2) is 54.1 Å². The van der Waals surface area contributed by atoms with E-state index in [0.717, 1.165) is 11.6 Å². The summed E-state index contributed by atoms with van der Waals surface area (Å²) in [6.45, 7) is 9.61. The Hall–Kier alpha value is -3.68. The molecule has 0 N–H and O–H groups in total. The van der Waals surface area contributed by atoms with Crippen LogP contribution in [0.5, 0.6) is 0 Å². The number of nitrogens with zero attached hydrogens (tertiary/aromatic N) is 2. The number of anilines is 1. The van der Waals surface area contributed by atoms with Crippen molar-refractivity contribution >= 4 is 29.2 Å². The van der Waals surface area contributed by atoms with E-state index in [1.165, 1.54) is 23.1 Å². The van der Waals surface area contributed by atoms with Gasteiger partial charge in [-0.1, -0.05) is 18.2 Å². The predicted octanol–water partition coefficient (Wildman–Crippen LogP) is 2.82. The van der Waals surface area contributed by atoms with Gasteiger partial charge in [0.1, 0.15) is 0 Å². The van der Waals surface area contributed by atoms with Crippen molar-refractivity contribution in [1.82, 2.24) is 0 Å². The quantitative estimate of drug-likeness (QED) is 0.139. The molecule has 0 aromatic heterocycles. The highest BCUT2D eigenvalue weighted by Crippen LogP contribution is 2.30. The molecule has 1 aromatic carbocycles. The zero-order valence-electron chi connectivity index (χ0n) is 18.6. The molecule has 0 saturated heterocycles. The van der Waals surface area contributed by atoms with Crippen molar-refractivity contribution in [1.29, 1.82) is 0 Å². The summed E-state index contributed by atoms with van der Waals surface area (Å²) >= 11 is 0. The van der Waals surface area contributed by atoms with Crippen molar-refractivity contribution in [2.24, 2.45) is 0 Å². The Morgan fingerprint density at radius 1 is 1.19 bits per heavy atom. The van der Waals surface area contributed by atoms with Crippen LogP contribution in [0.2, 0.25) is 0 Å². The molecule has 8 nitrogen and oxygen atoms in total. The summed E-state index contributed by atoms with van der Waals surface area (Å²) in [7, 11) is 0. The second-order valence-corrected chi connectivity index (χ2v) is 6.97. The lowest BCUT2D eigenvalue weighted by Crippen LogP contribution is -2.36. The van der Waals surface area contributed by atoms with Crippen LogP contribution in [0.1, 0.15) is 31.4 Å². The fourth-order valence-electron chi connectivity index (χ4n) is 3.23. The van der Waals surface area contributed by atoms with Gasteiger partial charge in [-0.25, -0.2) is 9.59 Å². The van der Waals surface area contributed by atoms with E-state index >= 15 is 0 Å². The van der Waals surface area contributed by atoms with Gasteiger partial charge in [-0.3, -0.25) is 9.69 Å². The Kier molecular flexibility index (Phi) is 8.95. The third-order valence-corrected chi connectivity index (χ3v) is 4.64. The lowest BCUT2D eigenvalue weighted by Gasteiger charge is -2.15. The number of hydroxylamine groups is 1. The van der Waals surface area contributed by atoms with Gasteiger partial charge in [0, 0.05) is 25.1 Å². The molecular weight excluding hydrogens is 412 g/mol. The highest BCUT2D eigenvalue weighted by Gasteiger charge is 2.40. The summed E-state index contributed by atoms with van der Waals surface area (Å²) in [6, 6.07) is 4.46. The number of carbonyl (C=O) groups is 3. The van der Waals surface area contributed by atoms with Crippen LogP contribution in [-0.2, 0) is 23.9 Å². The maximum atomic E-state index is 13.4. The van der Waals surface area contributed by atoms with E-state index < -0.39 is 23.9 Å². The average molecular weight is 440 g/mol. The maximum absolute atomic E-state index is 13.4. The molecule has 0 spiro atoms. The third kappa shape index (κ3) is 5.94. The Bertz CT molecular complexity index is 977. The molecule has 1 aliphatic heterocycles. The fourth-order valence-corrected chi connectivity index (χ4v) is 3.23. The largest absolute Gasteiger partial charge is 0.623 e. The van der Waals surface area contributed by atoms with Gasteiger partial charge >= 0.3 is 17.8 Å². The molecule has 32 heavy (non-hydrogen) atoms. The molecule has 1 amide bonds. The molecule has 1 aromatic rings. The highest BCUT2D eigenvalue weighted by molar-refractivity contribution is 6.52. The zero-order valence-corrected chi connectivity index (χ0v) is 18.6. The first-order chi connectivity index (χ1) is 15.3. The standard InChI is InChI=1S/C24H28N2O6/c1-5-15-25-20-16-17(4)11-13-19(20)23(24(25)29)26(30)18(12-14-22(28)32-7-3)9-8-10-21(27)31-6-2/h5,8,10-14,16,18H,1,6-7,9,15H2,2-4H3/b10-8+,14-12+,26-23+. The molecule has 170 valence electrons. The Morgan fingerprint density at radius 3 is 2.47 bits per heavy atom. The van der Waals surface area contributed by atoms with Crippen LogP contribution in [0.25, 0.3) is 0 Å². The number of rotatable bonds is 10. The monoisotopic (exact) mass is 440 g/mol. The zero-order chi connectivity index (χ0) is 23.7. The molecule has 0 fully saturated rings. The molecule has 2 rings (SSSR count). The summed E-state index contributed by atoms with van der Waals surface area (Å²) in [5.41, 5.74) is 2.03. The first-order valence-corrected chi connectivity index (χ1v) is 10.4. The van der Waals surface area contributed by atoms with Crippen molar-refractivity contribution in [3.63, 3.8) is 0 Å². The van der Waals surface area contributed by atoms with Crippen molar-refractivity contribution in [2.75, 3.05) is 24.7 Å². The Morgan fingerprint density at radius 2 is 1.84 bits per heavy atom. The smallest absolute Gasteiger partial charge is 0.330 e. The molecule has 1 atom stereocenters. The van der Waals surface area contributed by atoms with E-state index in [9.17, 15) is 19.6 Å². The fraction of sp³-hybridized carbons (Fsp3) is 0.333. The van der Waals surface area contributed by atoms with Gasteiger partial charge < -0.3 is 14.7 Å². The van der Waals surface area contributed by atoms with Gasteiger partial charge in [0.15, 0.2) is 6.04 Å². The minimum absolute atomic E-state index is 0.0371. The number of carbonyl (C=O) groups excluding carboxylic acids is 3. The van der Waals surface area contributed by atoms with Gasteiger partial charge in [-0.15, -0.1) is 6.58 Å². The normalized spacial score (nSPS) is 15.7. The van der Waals surface area contributed by atoms with Crippen LogP contribution in [0.4, 0.5) is 5.69 Å². The van der Waals surface area contributed by atoms with Crippen molar-refractivity contribution < 1.29 is 28.6 Å². The molecule has 0 saturated carbocycles. The minimum atomic E-state index is -0.929. The van der Waals surface area contributed by atoms with Crippen LogP contribution in [0, 0.1) is 12.1 Å².